The van der Waals surface area contributed by atoms with Gasteiger partial charge >= 0.3 is 0 Å². The Morgan fingerprint density at radius 2 is 1.93 bits per heavy atom. The molecule has 2 saturated carbocycles. The lowest BCUT2D eigenvalue weighted by Crippen LogP contribution is -2.35. The number of rotatable bonds is 7. The number of benzene rings is 1. The molecule has 0 spiro atoms. The highest BCUT2D eigenvalue weighted by atomic mass is 19.1. The van der Waals surface area contributed by atoms with Crippen LogP contribution in [-0.4, -0.2) is 6.61 Å². The number of hydrogen-bond donors (Lipinski definition) is 0. The van der Waals surface area contributed by atoms with Gasteiger partial charge in [-0.2, -0.15) is 5.26 Å². The van der Waals surface area contributed by atoms with Gasteiger partial charge in [0.15, 0.2) is 11.6 Å². The third kappa shape index (κ3) is 5.16. The monoisotopic (exact) mass is 383 g/mol. The fourth-order valence-electron chi connectivity index (χ4n) is 5.61. The van der Waals surface area contributed by atoms with Gasteiger partial charge in [-0.25, -0.2) is 4.39 Å². The van der Waals surface area contributed by atoms with Crippen molar-refractivity contribution in [2.75, 3.05) is 6.61 Å². The van der Waals surface area contributed by atoms with Gasteiger partial charge in [-0.05, 0) is 80.4 Å². The summed E-state index contributed by atoms with van der Waals surface area (Å²) >= 11 is 0. The molecule has 1 aromatic carbocycles. The van der Waals surface area contributed by atoms with Gasteiger partial charge in [0.1, 0.15) is 6.61 Å². The minimum Gasteiger partial charge on any atom is -0.486 e. The van der Waals surface area contributed by atoms with Gasteiger partial charge in [0.05, 0.1) is 11.6 Å². The van der Waals surface area contributed by atoms with Crippen LogP contribution in [-0.2, 0) is 0 Å². The predicted octanol–water partition coefficient (Wildman–Crippen LogP) is 7.19. The molecule has 2 fully saturated rings. The molecule has 28 heavy (non-hydrogen) atoms. The lowest BCUT2D eigenvalue weighted by atomic mass is 9.59. The molecule has 0 amide bonds. The van der Waals surface area contributed by atoms with E-state index in [1.807, 2.05) is 12.1 Å². The zero-order valence-corrected chi connectivity index (χ0v) is 17.3. The molecule has 0 unspecified atom stereocenters. The summed E-state index contributed by atoms with van der Waals surface area (Å²) in [5, 5.41) is 8.79. The number of halogens is 1. The van der Waals surface area contributed by atoms with Crippen LogP contribution >= 0.6 is 0 Å². The summed E-state index contributed by atoms with van der Waals surface area (Å²) in [4.78, 5) is 0. The Kier molecular flexibility index (Phi) is 7.54. The molecule has 0 N–H and O–H groups in total. The van der Waals surface area contributed by atoms with E-state index in [-0.39, 0.29) is 5.75 Å². The van der Waals surface area contributed by atoms with Crippen LogP contribution in [0.15, 0.2) is 30.4 Å². The van der Waals surface area contributed by atoms with Gasteiger partial charge in [-0.15, -0.1) is 0 Å². The van der Waals surface area contributed by atoms with Gasteiger partial charge in [0, 0.05) is 0 Å². The second kappa shape index (κ2) is 10.1. The Morgan fingerprint density at radius 3 is 2.57 bits per heavy atom. The van der Waals surface area contributed by atoms with E-state index in [0.29, 0.717) is 23.5 Å². The van der Waals surface area contributed by atoms with Gasteiger partial charge < -0.3 is 4.74 Å². The normalized spacial score (nSPS) is 24.8. The zero-order valence-electron chi connectivity index (χ0n) is 17.3. The molecule has 0 saturated heterocycles. The Bertz CT molecular complexity index is 685. The first-order valence-corrected chi connectivity index (χ1v) is 11.2. The van der Waals surface area contributed by atoms with E-state index in [9.17, 15) is 4.39 Å². The van der Waals surface area contributed by atoms with Crippen LogP contribution in [0.3, 0.4) is 0 Å². The van der Waals surface area contributed by atoms with Gasteiger partial charge in [0.25, 0.3) is 0 Å². The molecule has 0 heterocycles. The first-order valence-electron chi connectivity index (χ1n) is 11.2. The third-order valence-electron chi connectivity index (χ3n) is 7.04. The smallest absolute Gasteiger partial charge is 0.166 e. The van der Waals surface area contributed by atoms with Gasteiger partial charge in [-0.1, -0.05) is 44.8 Å². The van der Waals surface area contributed by atoms with Crippen molar-refractivity contribution < 1.29 is 9.13 Å². The predicted molar refractivity (Wildman–Crippen MR) is 112 cm³/mol. The minimum absolute atomic E-state index is 0.214. The van der Waals surface area contributed by atoms with E-state index in [2.05, 4.69) is 13.0 Å². The highest BCUT2D eigenvalue weighted by molar-refractivity contribution is 5.36. The Morgan fingerprint density at radius 1 is 1.18 bits per heavy atom. The average molecular weight is 384 g/mol. The molecular formula is C25H34FNO. The Balaban J connectivity index is 1.45. The molecule has 152 valence electrons. The summed E-state index contributed by atoms with van der Waals surface area (Å²) in [6.45, 7) is 2.73. The molecule has 0 aliphatic heterocycles. The van der Waals surface area contributed by atoms with Crippen LogP contribution in [0, 0.1) is 34.4 Å². The fourth-order valence-corrected chi connectivity index (χ4v) is 5.61. The van der Waals surface area contributed by atoms with E-state index in [4.69, 9.17) is 10.00 Å². The van der Waals surface area contributed by atoms with Crippen molar-refractivity contribution in [3.05, 3.63) is 41.7 Å². The van der Waals surface area contributed by atoms with Crippen molar-refractivity contribution in [3.8, 4) is 11.8 Å². The van der Waals surface area contributed by atoms with E-state index >= 15 is 0 Å². The maximum absolute atomic E-state index is 13.8. The van der Waals surface area contributed by atoms with Gasteiger partial charge in [-0.3, -0.25) is 0 Å². The van der Waals surface area contributed by atoms with Gasteiger partial charge in [0.2, 0.25) is 0 Å². The summed E-state index contributed by atoms with van der Waals surface area (Å²) < 4.78 is 19.4. The molecule has 0 atom stereocenters. The van der Waals surface area contributed by atoms with E-state index in [1.165, 1.54) is 82.8 Å². The molecule has 2 nitrogen and oxygen atoms in total. The number of allylic oxidation sites excluding steroid dienone is 1. The Hall–Kier alpha value is -1.82. The highest BCUT2D eigenvalue weighted by Gasteiger charge is 2.39. The first-order chi connectivity index (χ1) is 13.7. The number of hydrogen-bond acceptors (Lipinski definition) is 2. The van der Waals surface area contributed by atoms with E-state index in [1.54, 1.807) is 6.07 Å². The van der Waals surface area contributed by atoms with Crippen molar-refractivity contribution in [1.82, 2.24) is 0 Å². The zero-order chi connectivity index (χ0) is 19.8. The second-order valence-corrected chi connectivity index (χ2v) is 8.78. The standard InChI is InChI=1S/C25H34FNO/c1-2-14-25(15-4-3-5-16-25)22-11-8-20(9-12-22)7-6-17-28-24-13-10-21(19-27)18-23(24)26/h6-7,10,13,18,20,22H,2-5,8-9,11-12,14-17H2,1H3/b7-6+. The van der Waals surface area contributed by atoms with E-state index in [0.717, 1.165) is 5.92 Å². The summed E-state index contributed by atoms with van der Waals surface area (Å²) in [5.41, 5.74) is 0.953. The SMILES string of the molecule is CCCC1(C2CCC(/C=C/COc3ccc(C#N)cc3F)CC2)CCCCC1. The molecular weight excluding hydrogens is 349 g/mol. The molecule has 1 aromatic rings. The number of nitriles is 1. The fraction of sp³-hybridized carbons (Fsp3) is 0.640. The molecule has 2 aliphatic carbocycles. The average Bonchev–Trinajstić information content (AvgIpc) is 2.73. The van der Waals surface area contributed by atoms with Crippen LogP contribution in [0.25, 0.3) is 0 Å². The number of nitrogens with zero attached hydrogens (tertiary/aromatic N) is 1. The first kappa shape index (κ1) is 20.9. The summed E-state index contributed by atoms with van der Waals surface area (Å²) in [5.74, 6) is 1.29. The topological polar surface area (TPSA) is 33.0 Å². The second-order valence-electron chi connectivity index (χ2n) is 8.78. The van der Waals surface area contributed by atoms with Crippen molar-refractivity contribution in [3.63, 3.8) is 0 Å². The quantitative estimate of drug-likeness (QED) is 0.467. The minimum atomic E-state index is -0.471. The van der Waals surface area contributed by atoms with E-state index < -0.39 is 5.82 Å². The summed E-state index contributed by atoms with van der Waals surface area (Å²) in [7, 11) is 0. The number of ether oxygens (including phenoxy) is 1. The molecule has 0 bridgehead atoms. The van der Waals surface area contributed by atoms with Crippen LogP contribution in [0.2, 0.25) is 0 Å². The van der Waals surface area contributed by atoms with Crippen LogP contribution < -0.4 is 4.74 Å². The lowest BCUT2D eigenvalue weighted by Gasteiger charge is -2.46. The van der Waals surface area contributed by atoms with Crippen molar-refractivity contribution in [2.24, 2.45) is 17.3 Å². The maximum atomic E-state index is 13.8. The lowest BCUT2D eigenvalue weighted by molar-refractivity contribution is 0.0501. The molecule has 3 rings (SSSR count). The summed E-state index contributed by atoms with van der Waals surface area (Å²) in [6.07, 6.45) is 19.5. The molecule has 0 radical (unpaired) electrons. The molecule has 0 aromatic heterocycles. The Labute approximate surface area is 169 Å². The van der Waals surface area contributed by atoms with Crippen molar-refractivity contribution in [1.29, 1.82) is 5.26 Å². The van der Waals surface area contributed by atoms with Crippen molar-refractivity contribution in [2.45, 2.75) is 77.6 Å². The van der Waals surface area contributed by atoms with Crippen LogP contribution in [0.5, 0.6) is 5.75 Å². The molecule has 3 heteroatoms. The molecule has 2 aliphatic rings. The maximum Gasteiger partial charge on any atom is 0.166 e. The highest BCUT2D eigenvalue weighted by Crippen LogP contribution is 2.51. The van der Waals surface area contributed by atoms with Crippen LogP contribution in [0.4, 0.5) is 4.39 Å². The summed E-state index contributed by atoms with van der Waals surface area (Å²) in [6, 6.07) is 6.27. The van der Waals surface area contributed by atoms with Crippen LogP contribution in [0.1, 0.15) is 83.1 Å². The largest absolute Gasteiger partial charge is 0.486 e. The van der Waals surface area contributed by atoms with Crippen molar-refractivity contribution >= 4 is 0 Å². The third-order valence-corrected chi connectivity index (χ3v) is 7.04.